The lowest BCUT2D eigenvalue weighted by Crippen LogP contribution is -2.38. The second-order valence-corrected chi connectivity index (χ2v) is 19.1. The molecule has 0 amide bonds. The number of para-hydroxylation sites is 1. The molecule has 0 spiro atoms. The highest BCUT2D eigenvalue weighted by Crippen LogP contribution is 2.54. The summed E-state index contributed by atoms with van der Waals surface area (Å²) in [5.74, 6) is 0.438. The number of benzene rings is 8. The number of aryl methyl sites for hydroxylation is 4. The van der Waals surface area contributed by atoms with Crippen LogP contribution < -0.4 is 26.3 Å². The van der Waals surface area contributed by atoms with Crippen molar-refractivity contribution < 1.29 is 20.4 Å². The third-order valence-electron chi connectivity index (χ3n) is 11.1. The van der Waals surface area contributed by atoms with E-state index in [1.165, 1.54) is 26.8 Å². The van der Waals surface area contributed by atoms with Gasteiger partial charge in [-0.2, -0.15) is 0 Å². The number of hydrogen-bond donors (Lipinski definition) is 3. The van der Waals surface area contributed by atoms with Crippen molar-refractivity contribution in [3.63, 3.8) is 0 Å². The summed E-state index contributed by atoms with van der Waals surface area (Å²) < 4.78 is 0. The summed E-state index contributed by atoms with van der Waals surface area (Å²) in [6.45, 7) is 8.02. The summed E-state index contributed by atoms with van der Waals surface area (Å²) in [6.07, 6.45) is 1.04. The summed E-state index contributed by atoms with van der Waals surface area (Å²) in [5.41, 5.74) is 8.37. The van der Waals surface area contributed by atoms with Crippen molar-refractivity contribution in [2.24, 2.45) is 0 Å². The highest BCUT2D eigenvalue weighted by molar-refractivity contribution is 8.01. The third kappa shape index (κ3) is 9.15. The van der Waals surface area contributed by atoms with Crippen molar-refractivity contribution in [2.45, 2.75) is 47.0 Å². The van der Waals surface area contributed by atoms with Crippen molar-refractivity contribution in [2.75, 3.05) is 0 Å². The van der Waals surface area contributed by atoms with Gasteiger partial charge in [0, 0.05) is 19.3 Å². The Morgan fingerprint density at radius 3 is 1.13 bits per heavy atom. The molecule has 60 heavy (non-hydrogen) atoms. The highest BCUT2D eigenvalue weighted by Gasteiger charge is 2.47. The Hall–Kier alpha value is -6.61. The molecule has 8 aromatic rings. The summed E-state index contributed by atoms with van der Waals surface area (Å²) in [7, 11) is -1.93. The van der Waals surface area contributed by atoms with E-state index in [0.717, 1.165) is 22.3 Å². The molecule has 4 nitrogen and oxygen atoms in total. The summed E-state index contributed by atoms with van der Waals surface area (Å²) in [6, 6.07) is 62.1. The molecule has 5 heteroatoms. The van der Waals surface area contributed by atoms with Crippen LogP contribution in [0.3, 0.4) is 0 Å². The molecule has 0 saturated heterocycles. The molecule has 0 aliphatic carbocycles. The Morgan fingerprint density at radius 1 is 0.350 bits per heavy atom. The average molecular weight is 807 g/mol. The molecule has 0 radical (unpaired) electrons. The van der Waals surface area contributed by atoms with E-state index >= 15 is 0 Å². The molecule has 0 atom stereocenters. The van der Waals surface area contributed by atoms with Crippen molar-refractivity contribution in [1.29, 1.82) is 0 Å². The number of aromatic hydroxyl groups is 3. The molecule has 0 aliphatic rings. The van der Waals surface area contributed by atoms with Crippen molar-refractivity contribution >= 4 is 28.5 Å². The molecule has 8 rings (SSSR count). The second kappa shape index (κ2) is 18.5. The van der Waals surface area contributed by atoms with Gasteiger partial charge in [0.15, 0.2) is 0 Å². The normalized spacial score (nSPS) is 11.1. The van der Waals surface area contributed by atoms with Crippen LogP contribution in [0.4, 0.5) is 0 Å². The van der Waals surface area contributed by atoms with E-state index in [1.54, 1.807) is 24.3 Å². The van der Waals surface area contributed by atoms with Crippen molar-refractivity contribution in [3.8, 4) is 23.0 Å². The van der Waals surface area contributed by atoms with E-state index in [-0.39, 0.29) is 23.0 Å². The standard InChI is InChI=1S/C30H30O4.C25H22P/c1-18-7-9-27(31)23(11-18)15-21-5-4-6-22(29(21)33)16-25-13-20(3)14-26(30(25)34)17-24-12-19(2)8-10-28(24)32;1-21-17-19-25(20-18-21)26(22-11-5-2-6-12-22,23-13-7-3-8-14-23)24-15-9-4-10-16-24/h4-14,31-34H,15-17H2,1-3H3;2-20H,1H3/q;+1/p-1. The van der Waals surface area contributed by atoms with Crippen LogP contribution in [0.1, 0.15) is 55.6 Å². The fourth-order valence-electron chi connectivity index (χ4n) is 8.07. The Labute approximate surface area is 355 Å². The van der Waals surface area contributed by atoms with Crippen LogP contribution in [-0.4, -0.2) is 15.3 Å². The molecule has 0 unspecified atom stereocenters. The Balaban J connectivity index is 0.000000188. The van der Waals surface area contributed by atoms with Crippen molar-refractivity contribution in [1.82, 2.24) is 0 Å². The monoisotopic (exact) mass is 806 g/mol. The zero-order valence-corrected chi connectivity index (χ0v) is 35.5. The largest absolute Gasteiger partial charge is 0.872 e. The molecule has 0 saturated carbocycles. The predicted octanol–water partition coefficient (Wildman–Crippen LogP) is 10.2. The van der Waals surface area contributed by atoms with Gasteiger partial charge in [-0.3, -0.25) is 0 Å². The van der Waals surface area contributed by atoms with E-state index in [1.807, 2.05) is 63.2 Å². The van der Waals surface area contributed by atoms with E-state index in [0.29, 0.717) is 47.1 Å². The minimum absolute atomic E-state index is 0.0813. The molecule has 0 bridgehead atoms. The summed E-state index contributed by atoms with van der Waals surface area (Å²) in [4.78, 5) is 0. The van der Waals surface area contributed by atoms with Crippen LogP contribution in [0.25, 0.3) is 0 Å². The van der Waals surface area contributed by atoms with Gasteiger partial charge in [0.1, 0.15) is 45.7 Å². The van der Waals surface area contributed by atoms with E-state index in [2.05, 4.69) is 122 Å². The number of phenolic OH excluding ortho intramolecular Hbond substituents is 3. The molecular formula is C55H51O4P. The lowest BCUT2D eigenvalue weighted by molar-refractivity contribution is -0.270. The highest BCUT2D eigenvalue weighted by atomic mass is 31.2. The minimum Gasteiger partial charge on any atom is -0.872 e. The number of rotatable bonds is 10. The van der Waals surface area contributed by atoms with E-state index in [4.69, 9.17) is 0 Å². The second-order valence-electron chi connectivity index (χ2n) is 15.6. The van der Waals surface area contributed by atoms with Crippen LogP contribution in [0.15, 0.2) is 182 Å². The first-order valence-electron chi connectivity index (χ1n) is 20.3. The number of phenols is 3. The molecule has 0 fully saturated rings. The number of hydrogen-bond acceptors (Lipinski definition) is 4. The first-order chi connectivity index (χ1) is 29.0. The summed E-state index contributed by atoms with van der Waals surface area (Å²) >= 11 is 0. The van der Waals surface area contributed by atoms with Gasteiger partial charge in [0.05, 0.1) is 0 Å². The van der Waals surface area contributed by atoms with Crippen LogP contribution >= 0.6 is 7.26 Å². The maximum atomic E-state index is 13.2. The maximum Gasteiger partial charge on any atom is 0.144 e. The molecule has 0 aromatic heterocycles. The van der Waals surface area contributed by atoms with E-state index in [9.17, 15) is 20.4 Å². The molecule has 0 aliphatic heterocycles. The van der Waals surface area contributed by atoms with Crippen LogP contribution in [-0.2, 0) is 19.3 Å². The Morgan fingerprint density at radius 2 is 0.700 bits per heavy atom. The van der Waals surface area contributed by atoms with Crippen LogP contribution in [0, 0.1) is 27.7 Å². The quantitative estimate of drug-likeness (QED) is 0.120. The first kappa shape index (κ1) is 41.5. The Kier molecular flexibility index (Phi) is 12.8. The van der Waals surface area contributed by atoms with Gasteiger partial charge >= 0.3 is 0 Å². The van der Waals surface area contributed by atoms with Gasteiger partial charge in [-0.05, 0) is 111 Å². The van der Waals surface area contributed by atoms with Gasteiger partial charge in [0.2, 0.25) is 0 Å². The van der Waals surface area contributed by atoms with Gasteiger partial charge in [-0.25, -0.2) is 0 Å². The van der Waals surface area contributed by atoms with Gasteiger partial charge < -0.3 is 20.4 Å². The smallest absolute Gasteiger partial charge is 0.144 e. The van der Waals surface area contributed by atoms with E-state index < -0.39 is 7.26 Å². The first-order valence-corrected chi connectivity index (χ1v) is 22.1. The fraction of sp³-hybridized carbons (Fsp3) is 0.127. The lowest BCUT2D eigenvalue weighted by Gasteiger charge is -2.27. The van der Waals surface area contributed by atoms with Gasteiger partial charge in [-0.1, -0.05) is 155 Å². The minimum atomic E-state index is -1.93. The molecule has 300 valence electrons. The molecule has 8 aromatic carbocycles. The zero-order chi connectivity index (χ0) is 42.2. The topological polar surface area (TPSA) is 83.8 Å². The third-order valence-corrected chi connectivity index (χ3v) is 15.3. The van der Waals surface area contributed by atoms with Gasteiger partial charge in [-0.15, -0.1) is 5.75 Å². The fourth-order valence-corrected chi connectivity index (χ4v) is 12.3. The lowest BCUT2D eigenvalue weighted by atomic mass is 9.93. The molecule has 0 heterocycles. The van der Waals surface area contributed by atoms with Crippen LogP contribution in [0.5, 0.6) is 23.0 Å². The van der Waals surface area contributed by atoms with Crippen molar-refractivity contribution in [3.05, 3.63) is 238 Å². The molecule has 3 N–H and O–H groups in total. The molecular weight excluding hydrogens is 756 g/mol. The predicted molar refractivity (Wildman–Crippen MR) is 249 cm³/mol. The zero-order valence-electron chi connectivity index (χ0n) is 34.6. The summed E-state index contributed by atoms with van der Waals surface area (Å²) in [5, 5.41) is 50.3. The SMILES string of the molecule is Cc1ccc(O)c(Cc2cccc(Cc3cc(C)cc(Cc4cc(C)ccc4O)c3O)c2[O-])c1.Cc1ccc([P+](c2ccccc2)(c2ccccc2)c2ccccc2)cc1. The Bertz CT molecular complexity index is 2600. The average Bonchev–Trinajstić information content (AvgIpc) is 3.26. The van der Waals surface area contributed by atoms with Gasteiger partial charge in [0.25, 0.3) is 0 Å². The maximum absolute atomic E-state index is 13.2. The van der Waals surface area contributed by atoms with Crippen LogP contribution in [0.2, 0.25) is 0 Å².